The predicted octanol–water partition coefficient (Wildman–Crippen LogP) is 2.30. The standard InChI is InChI=1S/C16H19N3O4S/c1-4-13(24-16-17-8-7-14(20)19-16)15(21)18-11-9-10(22-2)5-6-12(11)23-3/h5-9,13H,4H2,1-3H3,(H,18,21)(H,17,19,20). The summed E-state index contributed by atoms with van der Waals surface area (Å²) >= 11 is 1.20. The second kappa shape index (κ2) is 8.39. The van der Waals surface area contributed by atoms with Crippen molar-refractivity contribution in [2.45, 2.75) is 23.8 Å². The maximum atomic E-state index is 12.6. The molecular weight excluding hydrogens is 330 g/mol. The molecule has 1 heterocycles. The van der Waals surface area contributed by atoms with E-state index in [0.717, 1.165) is 0 Å². The third kappa shape index (κ3) is 4.51. The quantitative estimate of drug-likeness (QED) is 0.588. The number of anilines is 1. The fourth-order valence-corrected chi connectivity index (χ4v) is 2.88. The summed E-state index contributed by atoms with van der Waals surface area (Å²) in [6.45, 7) is 1.89. The van der Waals surface area contributed by atoms with Crippen LogP contribution in [0.25, 0.3) is 0 Å². The predicted molar refractivity (Wildman–Crippen MR) is 93.0 cm³/mol. The van der Waals surface area contributed by atoms with Gasteiger partial charge in [-0.15, -0.1) is 0 Å². The van der Waals surface area contributed by atoms with Gasteiger partial charge in [-0.1, -0.05) is 18.7 Å². The van der Waals surface area contributed by atoms with Crippen LogP contribution in [0.4, 0.5) is 5.69 Å². The van der Waals surface area contributed by atoms with Gasteiger partial charge in [-0.3, -0.25) is 9.59 Å². The number of hydrogen-bond acceptors (Lipinski definition) is 6. The van der Waals surface area contributed by atoms with E-state index in [1.54, 1.807) is 25.3 Å². The summed E-state index contributed by atoms with van der Waals surface area (Å²) in [7, 11) is 3.08. The van der Waals surface area contributed by atoms with Gasteiger partial charge >= 0.3 is 0 Å². The van der Waals surface area contributed by atoms with E-state index >= 15 is 0 Å². The van der Waals surface area contributed by atoms with Crippen molar-refractivity contribution in [3.8, 4) is 11.5 Å². The molecule has 1 atom stereocenters. The minimum atomic E-state index is -0.411. The third-order valence-corrected chi connectivity index (χ3v) is 4.49. The Kier molecular flexibility index (Phi) is 6.25. The van der Waals surface area contributed by atoms with E-state index < -0.39 is 5.25 Å². The smallest absolute Gasteiger partial charge is 0.251 e. The minimum absolute atomic E-state index is 0.208. The molecule has 128 valence electrons. The first-order valence-corrected chi connectivity index (χ1v) is 8.20. The van der Waals surface area contributed by atoms with Gasteiger partial charge in [-0.2, -0.15) is 0 Å². The van der Waals surface area contributed by atoms with Crippen LogP contribution in [-0.2, 0) is 4.79 Å². The van der Waals surface area contributed by atoms with Crippen molar-refractivity contribution in [3.63, 3.8) is 0 Å². The van der Waals surface area contributed by atoms with Crippen LogP contribution in [0.2, 0.25) is 0 Å². The van der Waals surface area contributed by atoms with Crippen molar-refractivity contribution < 1.29 is 14.3 Å². The zero-order valence-corrected chi connectivity index (χ0v) is 14.5. The third-order valence-electron chi connectivity index (χ3n) is 3.23. The van der Waals surface area contributed by atoms with Crippen LogP contribution >= 0.6 is 11.8 Å². The minimum Gasteiger partial charge on any atom is -0.497 e. The second-order valence-electron chi connectivity index (χ2n) is 4.81. The molecule has 0 saturated carbocycles. The number of amides is 1. The van der Waals surface area contributed by atoms with E-state index in [-0.39, 0.29) is 11.5 Å². The van der Waals surface area contributed by atoms with Gasteiger partial charge in [-0.25, -0.2) is 4.98 Å². The first-order chi connectivity index (χ1) is 11.6. The monoisotopic (exact) mass is 349 g/mol. The second-order valence-corrected chi connectivity index (χ2v) is 6.00. The molecule has 8 heteroatoms. The Morgan fingerprint density at radius 2 is 2.12 bits per heavy atom. The lowest BCUT2D eigenvalue weighted by Gasteiger charge is -2.16. The fourth-order valence-electron chi connectivity index (χ4n) is 1.99. The molecule has 1 unspecified atom stereocenters. The summed E-state index contributed by atoms with van der Waals surface area (Å²) in [5.74, 6) is 0.941. The number of nitrogens with one attached hydrogen (secondary N) is 2. The Morgan fingerprint density at radius 1 is 1.33 bits per heavy atom. The first-order valence-electron chi connectivity index (χ1n) is 7.32. The molecule has 1 amide bonds. The summed E-state index contributed by atoms with van der Waals surface area (Å²) in [5, 5.41) is 2.83. The van der Waals surface area contributed by atoms with E-state index in [0.29, 0.717) is 28.8 Å². The molecule has 7 nitrogen and oxygen atoms in total. The molecule has 0 spiro atoms. The van der Waals surface area contributed by atoms with Crippen molar-refractivity contribution in [1.29, 1.82) is 0 Å². The highest BCUT2D eigenvalue weighted by atomic mass is 32.2. The molecule has 24 heavy (non-hydrogen) atoms. The van der Waals surface area contributed by atoms with Gasteiger partial charge in [0.2, 0.25) is 5.91 Å². The van der Waals surface area contributed by atoms with Crippen molar-refractivity contribution in [3.05, 3.63) is 40.8 Å². The van der Waals surface area contributed by atoms with Crippen molar-refractivity contribution >= 4 is 23.4 Å². The molecule has 1 aromatic heterocycles. The number of aromatic amines is 1. The number of benzene rings is 1. The lowest BCUT2D eigenvalue weighted by molar-refractivity contribution is -0.115. The lowest BCUT2D eigenvalue weighted by Crippen LogP contribution is -2.25. The van der Waals surface area contributed by atoms with E-state index in [9.17, 15) is 9.59 Å². The number of hydrogen-bond donors (Lipinski definition) is 2. The van der Waals surface area contributed by atoms with Crippen LogP contribution in [-0.4, -0.2) is 35.3 Å². The maximum absolute atomic E-state index is 12.6. The van der Waals surface area contributed by atoms with E-state index in [4.69, 9.17) is 9.47 Å². The molecule has 0 bridgehead atoms. The summed E-state index contributed by atoms with van der Waals surface area (Å²) < 4.78 is 10.4. The largest absolute Gasteiger partial charge is 0.497 e. The van der Waals surface area contributed by atoms with Gasteiger partial charge in [0.25, 0.3) is 5.56 Å². The molecule has 0 aliphatic rings. The Bertz CT molecular complexity index is 763. The molecular formula is C16H19N3O4S. The Morgan fingerprint density at radius 3 is 2.75 bits per heavy atom. The zero-order chi connectivity index (χ0) is 17.5. The van der Waals surface area contributed by atoms with Crippen LogP contribution in [0.1, 0.15) is 13.3 Å². The van der Waals surface area contributed by atoms with Gasteiger partial charge in [-0.05, 0) is 18.6 Å². The van der Waals surface area contributed by atoms with E-state index in [2.05, 4.69) is 15.3 Å². The molecule has 0 aliphatic heterocycles. The van der Waals surface area contributed by atoms with Gasteiger partial charge in [0.05, 0.1) is 25.2 Å². The molecule has 0 saturated heterocycles. The van der Waals surface area contributed by atoms with Crippen LogP contribution in [0.15, 0.2) is 40.4 Å². The number of thioether (sulfide) groups is 1. The molecule has 0 radical (unpaired) electrons. The summed E-state index contributed by atoms with van der Waals surface area (Å²) in [6, 6.07) is 6.49. The average molecular weight is 349 g/mol. The van der Waals surface area contributed by atoms with E-state index in [1.807, 2.05) is 6.92 Å². The van der Waals surface area contributed by atoms with Crippen LogP contribution in [0, 0.1) is 0 Å². The number of nitrogens with zero attached hydrogens (tertiary/aromatic N) is 1. The highest BCUT2D eigenvalue weighted by molar-refractivity contribution is 8.00. The molecule has 2 N–H and O–H groups in total. The van der Waals surface area contributed by atoms with Crippen molar-refractivity contribution in [2.75, 3.05) is 19.5 Å². The average Bonchev–Trinajstić information content (AvgIpc) is 2.59. The number of methoxy groups -OCH3 is 2. The van der Waals surface area contributed by atoms with Gasteiger partial charge in [0, 0.05) is 18.3 Å². The summed E-state index contributed by atoms with van der Waals surface area (Å²) in [6.07, 6.45) is 1.98. The lowest BCUT2D eigenvalue weighted by atomic mass is 10.2. The number of rotatable bonds is 7. The maximum Gasteiger partial charge on any atom is 0.251 e. The van der Waals surface area contributed by atoms with Crippen molar-refractivity contribution in [2.24, 2.45) is 0 Å². The number of aromatic nitrogens is 2. The first kappa shape index (κ1) is 17.9. The molecule has 0 aliphatic carbocycles. The Labute approximate surface area is 143 Å². The molecule has 2 aromatic rings. The normalized spacial score (nSPS) is 11.6. The molecule has 1 aromatic carbocycles. The van der Waals surface area contributed by atoms with Gasteiger partial charge in [0.15, 0.2) is 5.16 Å². The van der Waals surface area contributed by atoms with Gasteiger partial charge < -0.3 is 19.8 Å². The van der Waals surface area contributed by atoms with E-state index in [1.165, 1.54) is 31.1 Å². The number of carbonyl (C=O) groups excluding carboxylic acids is 1. The summed E-state index contributed by atoms with van der Waals surface area (Å²) in [4.78, 5) is 30.6. The van der Waals surface area contributed by atoms with Gasteiger partial charge in [0.1, 0.15) is 11.5 Å². The fraction of sp³-hybridized carbons (Fsp3) is 0.312. The van der Waals surface area contributed by atoms with Crippen LogP contribution in [0.3, 0.4) is 0 Å². The number of H-pyrrole nitrogens is 1. The van der Waals surface area contributed by atoms with Crippen LogP contribution in [0.5, 0.6) is 11.5 Å². The highest BCUT2D eigenvalue weighted by Gasteiger charge is 2.20. The van der Waals surface area contributed by atoms with Crippen molar-refractivity contribution in [1.82, 2.24) is 9.97 Å². The molecule has 0 fully saturated rings. The number of carbonyl (C=O) groups is 1. The zero-order valence-electron chi connectivity index (χ0n) is 13.7. The number of ether oxygens (including phenoxy) is 2. The SMILES string of the molecule is CCC(Sc1nccc(=O)[nH]1)C(=O)Nc1cc(OC)ccc1OC. The highest BCUT2D eigenvalue weighted by Crippen LogP contribution is 2.30. The Balaban J connectivity index is 2.16. The Hall–Kier alpha value is -2.48. The topological polar surface area (TPSA) is 93.3 Å². The van der Waals surface area contributed by atoms with Crippen LogP contribution < -0.4 is 20.3 Å². The molecule has 2 rings (SSSR count). The summed E-state index contributed by atoms with van der Waals surface area (Å²) in [5.41, 5.74) is 0.271.